The first kappa shape index (κ1) is 14.8. The summed E-state index contributed by atoms with van der Waals surface area (Å²) in [6.07, 6.45) is 12.7. The standard InChI is InChI=1S/C16H30N2O/c17-12-14-8-4-5-9-15(14)16(19)18-11-10-13-6-2-1-3-7-13/h13-15H,1-12,17H2,(H,18,19). The van der Waals surface area contributed by atoms with E-state index in [0.717, 1.165) is 25.3 Å². The van der Waals surface area contributed by atoms with E-state index in [2.05, 4.69) is 5.32 Å². The molecule has 3 N–H and O–H groups in total. The lowest BCUT2D eigenvalue weighted by molar-refractivity contribution is -0.127. The molecule has 2 atom stereocenters. The Morgan fingerprint density at radius 2 is 1.68 bits per heavy atom. The smallest absolute Gasteiger partial charge is 0.223 e. The fourth-order valence-electron chi connectivity index (χ4n) is 3.84. The van der Waals surface area contributed by atoms with Crippen LogP contribution < -0.4 is 11.1 Å². The van der Waals surface area contributed by atoms with E-state index < -0.39 is 0 Å². The molecular weight excluding hydrogens is 236 g/mol. The van der Waals surface area contributed by atoms with Crippen LogP contribution in [0.2, 0.25) is 0 Å². The molecule has 0 saturated heterocycles. The van der Waals surface area contributed by atoms with Crippen molar-refractivity contribution in [2.45, 2.75) is 64.2 Å². The zero-order valence-corrected chi connectivity index (χ0v) is 12.2. The minimum absolute atomic E-state index is 0.185. The molecule has 2 rings (SSSR count). The summed E-state index contributed by atoms with van der Waals surface area (Å²) < 4.78 is 0. The molecule has 0 radical (unpaired) electrons. The maximum atomic E-state index is 12.2. The van der Waals surface area contributed by atoms with Crippen molar-refractivity contribution in [3.05, 3.63) is 0 Å². The van der Waals surface area contributed by atoms with Crippen LogP contribution in [0, 0.1) is 17.8 Å². The lowest BCUT2D eigenvalue weighted by Crippen LogP contribution is -2.40. The number of carbonyl (C=O) groups is 1. The van der Waals surface area contributed by atoms with E-state index in [9.17, 15) is 4.79 Å². The summed E-state index contributed by atoms with van der Waals surface area (Å²) in [7, 11) is 0. The number of hydrogen-bond acceptors (Lipinski definition) is 2. The normalized spacial score (nSPS) is 29.1. The van der Waals surface area contributed by atoms with Crippen LogP contribution in [-0.2, 0) is 4.79 Å². The minimum atomic E-state index is 0.185. The molecule has 2 saturated carbocycles. The molecule has 0 aromatic rings. The van der Waals surface area contributed by atoms with Gasteiger partial charge >= 0.3 is 0 Å². The molecule has 110 valence electrons. The average molecular weight is 266 g/mol. The topological polar surface area (TPSA) is 55.1 Å². The van der Waals surface area contributed by atoms with Gasteiger partial charge in [0.2, 0.25) is 5.91 Å². The van der Waals surface area contributed by atoms with Crippen molar-refractivity contribution >= 4 is 5.91 Å². The van der Waals surface area contributed by atoms with Gasteiger partial charge in [0.15, 0.2) is 0 Å². The van der Waals surface area contributed by atoms with E-state index >= 15 is 0 Å². The second-order valence-electron chi connectivity index (χ2n) is 6.47. The molecule has 19 heavy (non-hydrogen) atoms. The predicted molar refractivity (Wildman–Crippen MR) is 78.7 cm³/mol. The summed E-state index contributed by atoms with van der Waals surface area (Å²) in [5, 5.41) is 3.17. The Morgan fingerprint density at radius 3 is 2.42 bits per heavy atom. The quantitative estimate of drug-likeness (QED) is 0.804. The van der Waals surface area contributed by atoms with E-state index in [-0.39, 0.29) is 11.8 Å². The van der Waals surface area contributed by atoms with Gasteiger partial charge in [0.25, 0.3) is 0 Å². The zero-order valence-electron chi connectivity index (χ0n) is 12.2. The molecule has 2 unspecified atom stereocenters. The molecule has 0 bridgehead atoms. The van der Waals surface area contributed by atoms with Crippen molar-refractivity contribution in [1.29, 1.82) is 0 Å². The van der Waals surface area contributed by atoms with Crippen LogP contribution in [-0.4, -0.2) is 19.0 Å². The van der Waals surface area contributed by atoms with E-state index in [4.69, 9.17) is 5.73 Å². The molecule has 2 aliphatic rings. The summed E-state index contributed by atoms with van der Waals surface area (Å²) in [6, 6.07) is 0. The van der Waals surface area contributed by atoms with Crippen molar-refractivity contribution in [2.24, 2.45) is 23.5 Å². The van der Waals surface area contributed by atoms with Gasteiger partial charge in [-0.15, -0.1) is 0 Å². The van der Waals surface area contributed by atoms with Gasteiger partial charge in [0.1, 0.15) is 0 Å². The van der Waals surface area contributed by atoms with Crippen molar-refractivity contribution in [1.82, 2.24) is 5.32 Å². The van der Waals surface area contributed by atoms with Crippen LogP contribution in [0.4, 0.5) is 0 Å². The largest absolute Gasteiger partial charge is 0.356 e. The fourth-order valence-corrected chi connectivity index (χ4v) is 3.84. The van der Waals surface area contributed by atoms with E-state index in [1.165, 1.54) is 51.4 Å². The number of rotatable bonds is 5. The molecule has 0 aromatic carbocycles. The molecule has 3 heteroatoms. The van der Waals surface area contributed by atoms with Gasteiger partial charge in [0.05, 0.1) is 0 Å². The van der Waals surface area contributed by atoms with Crippen LogP contribution in [0.25, 0.3) is 0 Å². The molecule has 2 fully saturated rings. The predicted octanol–water partition coefficient (Wildman–Crippen LogP) is 2.84. The Bertz CT molecular complexity index is 274. The summed E-state index contributed by atoms with van der Waals surface area (Å²) in [5.74, 6) is 1.73. The Balaban J connectivity index is 1.67. The highest BCUT2D eigenvalue weighted by atomic mass is 16.1. The van der Waals surface area contributed by atoms with Crippen LogP contribution in [0.15, 0.2) is 0 Å². The zero-order chi connectivity index (χ0) is 13.5. The third-order valence-electron chi connectivity index (χ3n) is 5.13. The lowest BCUT2D eigenvalue weighted by Gasteiger charge is -2.30. The van der Waals surface area contributed by atoms with Crippen LogP contribution >= 0.6 is 0 Å². The third-order valence-corrected chi connectivity index (χ3v) is 5.13. The second-order valence-corrected chi connectivity index (χ2v) is 6.47. The maximum Gasteiger partial charge on any atom is 0.223 e. The first-order valence-corrected chi connectivity index (χ1v) is 8.29. The monoisotopic (exact) mass is 266 g/mol. The highest BCUT2D eigenvalue weighted by Gasteiger charge is 2.29. The molecule has 0 aliphatic heterocycles. The highest BCUT2D eigenvalue weighted by Crippen LogP contribution is 2.29. The van der Waals surface area contributed by atoms with Crippen molar-refractivity contribution < 1.29 is 4.79 Å². The number of nitrogens with one attached hydrogen (secondary N) is 1. The van der Waals surface area contributed by atoms with Gasteiger partial charge in [0, 0.05) is 12.5 Å². The summed E-state index contributed by atoms with van der Waals surface area (Å²) in [4.78, 5) is 12.2. The number of carbonyl (C=O) groups excluding carboxylic acids is 1. The highest BCUT2D eigenvalue weighted by molar-refractivity contribution is 5.79. The van der Waals surface area contributed by atoms with Gasteiger partial charge in [-0.25, -0.2) is 0 Å². The van der Waals surface area contributed by atoms with Crippen molar-refractivity contribution in [3.8, 4) is 0 Å². The Labute approximate surface area is 117 Å². The number of nitrogens with two attached hydrogens (primary N) is 1. The van der Waals surface area contributed by atoms with Gasteiger partial charge in [-0.2, -0.15) is 0 Å². The van der Waals surface area contributed by atoms with Gasteiger partial charge in [-0.3, -0.25) is 4.79 Å². The summed E-state index contributed by atoms with van der Waals surface area (Å²) >= 11 is 0. The fraction of sp³-hybridized carbons (Fsp3) is 0.938. The average Bonchev–Trinajstić information content (AvgIpc) is 2.48. The van der Waals surface area contributed by atoms with Crippen LogP contribution in [0.5, 0.6) is 0 Å². The minimum Gasteiger partial charge on any atom is -0.356 e. The molecular formula is C16H30N2O. The van der Waals surface area contributed by atoms with Crippen molar-refractivity contribution in [3.63, 3.8) is 0 Å². The van der Waals surface area contributed by atoms with Crippen LogP contribution in [0.3, 0.4) is 0 Å². The van der Waals surface area contributed by atoms with Gasteiger partial charge in [-0.1, -0.05) is 44.9 Å². The number of amides is 1. The maximum absolute atomic E-state index is 12.2. The lowest BCUT2D eigenvalue weighted by atomic mass is 9.78. The molecule has 3 nitrogen and oxygen atoms in total. The van der Waals surface area contributed by atoms with Gasteiger partial charge < -0.3 is 11.1 Å². The second kappa shape index (κ2) is 7.88. The molecule has 0 aromatic heterocycles. The molecule has 2 aliphatic carbocycles. The van der Waals surface area contributed by atoms with E-state index in [0.29, 0.717) is 12.5 Å². The first-order valence-electron chi connectivity index (χ1n) is 8.29. The third kappa shape index (κ3) is 4.48. The van der Waals surface area contributed by atoms with Crippen LogP contribution in [0.1, 0.15) is 64.2 Å². The Morgan fingerprint density at radius 1 is 1.00 bits per heavy atom. The van der Waals surface area contributed by atoms with E-state index in [1.807, 2.05) is 0 Å². The Kier molecular flexibility index (Phi) is 6.15. The molecule has 0 heterocycles. The molecule has 0 spiro atoms. The van der Waals surface area contributed by atoms with Crippen molar-refractivity contribution in [2.75, 3.05) is 13.1 Å². The Hall–Kier alpha value is -0.570. The number of hydrogen-bond donors (Lipinski definition) is 2. The molecule has 1 amide bonds. The summed E-state index contributed by atoms with van der Waals surface area (Å²) in [6.45, 7) is 1.54. The summed E-state index contributed by atoms with van der Waals surface area (Å²) in [5.41, 5.74) is 5.80. The SMILES string of the molecule is NCC1CCCCC1C(=O)NCCC1CCCCC1. The first-order chi connectivity index (χ1) is 9.31. The van der Waals surface area contributed by atoms with E-state index in [1.54, 1.807) is 0 Å². The van der Waals surface area contributed by atoms with Gasteiger partial charge in [-0.05, 0) is 37.6 Å².